The molecule has 0 saturated carbocycles. The van der Waals surface area contributed by atoms with E-state index in [0.717, 1.165) is 26.1 Å². The highest BCUT2D eigenvalue weighted by molar-refractivity contribution is 5.87. The summed E-state index contributed by atoms with van der Waals surface area (Å²) in [7, 11) is 4.24. The Morgan fingerprint density at radius 2 is 1.86 bits per heavy atom. The van der Waals surface area contributed by atoms with Gasteiger partial charge in [-0.2, -0.15) is 0 Å². The largest absolute Gasteiger partial charge is 0.348 e. The smallest absolute Gasteiger partial charge is 0.0486 e. The molecular weight excluding hydrogens is 270 g/mol. The lowest BCUT2D eigenvalue weighted by atomic mass is 10.0. The van der Waals surface area contributed by atoms with E-state index in [1.807, 2.05) is 7.05 Å². The molecule has 120 valence electrons. The van der Waals surface area contributed by atoms with E-state index in [-0.39, 0.29) is 0 Å². The van der Waals surface area contributed by atoms with E-state index < -0.39 is 0 Å². The van der Waals surface area contributed by atoms with Crippen LogP contribution in [-0.2, 0) is 26.6 Å². The first kappa shape index (κ1) is 15.6. The molecule has 1 aromatic carbocycles. The average molecular weight is 299 g/mol. The number of aryl methyl sites for hydroxylation is 2. The number of hydrogen-bond donors (Lipinski definition) is 1. The third-order valence-corrected chi connectivity index (χ3v) is 5.27. The van der Waals surface area contributed by atoms with Crippen LogP contribution < -0.4 is 5.32 Å². The van der Waals surface area contributed by atoms with E-state index in [4.69, 9.17) is 0 Å². The van der Waals surface area contributed by atoms with Crippen LogP contribution in [0.2, 0.25) is 0 Å². The van der Waals surface area contributed by atoms with Crippen LogP contribution in [0, 0.1) is 6.92 Å². The molecule has 1 aliphatic heterocycles. The second kappa shape index (κ2) is 6.05. The van der Waals surface area contributed by atoms with Crippen molar-refractivity contribution in [2.45, 2.75) is 52.7 Å². The molecule has 0 atom stereocenters. The zero-order valence-electron chi connectivity index (χ0n) is 14.7. The molecule has 2 heterocycles. The fourth-order valence-corrected chi connectivity index (χ4v) is 3.68. The number of benzene rings is 1. The SMILES string of the molecule is CNCCCc1c(C)n(C)c2cc3c(cc12)CN(C(C)C)C3. The Bertz CT molecular complexity index is 682. The number of aromatic nitrogens is 1. The molecule has 22 heavy (non-hydrogen) atoms. The summed E-state index contributed by atoms with van der Waals surface area (Å²) in [6, 6.07) is 5.52. The summed E-state index contributed by atoms with van der Waals surface area (Å²) < 4.78 is 2.38. The van der Waals surface area contributed by atoms with Gasteiger partial charge in [-0.3, -0.25) is 4.90 Å². The Labute approximate surface area is 134 Å². The molecule has 2 aromatic rings. The number of nitrogens with zero attached hydrogens (tertiary/aromatic N) is 2. The molecule has 0 amide bonds. The molecule has 3 nitrogen and oxygen atoms in total. The highest BCUT2D eigenvalue weighted by Crippen LogP contribution is 2.33. The van der Waals surface area contributed by atoms with Gasteiger partial charge in [0, 0.05) is 42.8 Å². The van der Waals surface area contributed by atoms with E-state index in [9.17, 15) is 0 Å². The first-order chi connectivity index (χ1) is 10.5. The van der Waals surface area contributed by atoms with Gasteiger partial charge in [0.05, 0.1) is 0 Å². The number of rotatable bonds is 5. The van der Waals surface area contributed by atoms with Crippen molar-refractivity contribution in [3.05, 3.63) is 34.5 Å². The summed E-state index contributed by atoms with van der Waals surface area (Å²) in [5.74, 6) is 0. The van der Waals surface area contributed by atoms with Crippen LogP contribution in [0.4, 0.5) is 0 Å². The van der Waals surface area contributed by atoms with Crippen molar-refractivity contribution in [1.82, 2.24) is 14.8 Å². The van der Waals surface area contributed by atoms with Crippen LogP contribution in [0.3, 0.4) is 0 Å². The molecule has 1 aromatic heterocycles. The third kappa shape index (κ3) is 2.57. The summed E-state index contributed by atoms with van der Waals surface area (Å²) in [6.45, 7) is 10.1. The van der Waals surface area contributed by atoms with Gasteiger partial charge in [0.2, 0.25) is 0 Å². The van der Waals surface area contributed by atoms with E-state index >= 15 is 0 Å². The van der Waals surface area contributed by atoms with Crippen LogP contribution in [0.15, 0.2) is 12.1 Å². The monoisotopic (exact) mass is 299 g/mol. The Balaban J connectivity index is 2.00. The van der Waals surface area contributed by atoms with Crippen LogP contribution in [0.5, 0.6) is 0 Å². The minimum Gasteiger partial charge on any atom is -0.348 e. The molecular formula is C19H29N3. The maximum absolute atomic E-state index is 3.26. The highest BCUT2D eigenvalue weighted by Gasteiger charge is 2.23. The molecule has 0 saturated heterocycles. The topological polar surface area (TPSA) is 20.2 Å². The molecule has 0 fully saturated rings. The molecule has 0 spiro atoms. The third-order valence-electron chi connectivity index (χ3n) is 5.27. The van der Waals surface area contributed by atoms with Gasteiger partial charge in [0.15, 0.2) is 0 Å². The summed E-state index contributed by atoms with van der Waals surface area (Å²) in [5, 5.41) is 4.73. The van der Waals surface area contributed by atoms with E-state index in [0.29, 0.717) is 6.04 Å². The van der Waals surface area contributed by atoms with Crippen molar-refractivity contribution in [3.8, 4) is 0 Å². The van der Waals surface area contributed by atoms with Crippen molar-refractivity contribution in [1.29, 1.82) is 0 Å². The first-order valence-corrected chi connectivity index (χ1v) is 8.51. The maximum atomic E-state index is 3.26. The number of fused-ring (bicyclic) bond motifs is 2. The number of nitrogens with one attached hydrogen (secondary N) is 1. The van der Waals surface area contributed by atoms with E-state index in [1.165, 1.54) is 34.1 Å². The van der Waals surface area contributed by atoms with Gasteiger partial charge in [0.25, 0.3) is 0 Å². The van der Waals surface area contributed by atoms with Gasteiger partial charge < -0.3 is 9.88 Å². The Hall–Kier alpha value is -1.32. The zero-order chi connectivity index (χ0) is 15.9. The van der Waals surface area contributed by atoms with Gasteiger partial charge in [-0.05, 0) is 76.0 Å². The predicted molar refractivity (Wildman–Crippen MR) is 94.3 cm³/mol. The van der Waals surface area contributed by atoms with Gasteiger partial charge >= 0.3 is 0 Å². The molecule has 1 N–H and O–H groups in total. The lowest BCUT2D eigenvalue weighted by Gasteiger charge is -2.18. The molecule has 0 radical (unpaired) electrons. The Morgan fingerprint density at radius 1 is 1.18 bits per heavy atom. The van der Waals surface area contributed by atoms with Crippen molar-refractivity contribution < 1.29 is 0 Å². The van der Waals surface area contributed by atoms with E-state index in [1.54, 1.807) is 5.56 Å². The quantitative estimate of drug-likeness (QED) is 0.854. The average Bonchev–Trinajstić information content (AvgIpc) is 3.00. The molecule has 0 aliphatic carbocycles. The molecule has 0 bridgehead atoms. The van der Waals surface area contributed by atoms with Crippen molar-refractivity contribution in [2.24, 2.45) is 7.05 Å². The normalized spacial score (nSPS) is 15.2. The fraction of sp³-hybridized carbons (Fsp3) is 0.579. The Morgan fingerprint density at radius 3 is 2.50 bits per heavy atom. The summed E-state index contributed by atoms with van der Waals surface area (Å²) in [5.41, 5.74) is 7.42. The lowest BCUT2D eigenvalue weighted by molar-refractivity contribution is 0.227. The summed E-state index contributed by atoms with van der Waals surface area (Å²) in [6.07, 6.45) is 2.36. The Kier molecular flexibility index (Phi) is 4.28. The molecule has 0 unspecified atom stereocenters. The fourth-order valence-electron chi connectivity index (χ4n) is 3.68. The van der Waals surface area contributed by atoms with Gasteiger partial charge in [0.1, 0.15) is 0 Å². The van der Waals surface area contributed by atoms with Gasteiger partial charge in [-0.25, -0.2) is 0 Å². The van der Waals surface area contributed by atoms with Crippen molar-refractivity contribution in [2.75, 3.05) is 13.6 Å². The summed E-state index contributed by atoms with van der Waals surface area (Å²) in [4.78, 5) is 2.55. The zero-order valence-corrected chi connectivity index (χ0v) is 14.7. The van der Waals surface area contributed by atoms with Gasteiger partial charge in [-0.1, -0.05) is 0 Å². The second-order valence-electron chi connectivity index (χ2n) is 6.97. The second-order valence-corrected chi connectivity index (χ2v) is 6.97. The van der Waals surface area contributed by atoms with Crippen LogP contribution in [0.25, 0.3) is 10.9 Å². The molecule has 1 aliphatic rings. The highest BCUT2D eigenvalue weighted by atomic mass is 15.2. The van der Waals surface area contributed by atoms with Crippen LogP contribution >= 0.6 is 0 Å². The standard InChI is InChI=1S/C19H29N3/c1-13(2)22-11-15-9-18-17(7-6-8-20-4)14(3)21(5)19(18)10-16(15)12-22/h9-10,13,20H,6-8,11-12H2,1-5H3. The van der Waals surface area contributed by atoms with Crippen LogP contribution in [0.1, 0.15) is 42.7 Å². The van der Waals surface area contributed by atoms with Crippen molar-refractivity contribution in [3.63, 3.8) is 0 Å². The number of hydrogen-bond acceptors (Lipinski definition) is 2. The predicted octanol–water partition coefficient (Wildman–Crippen LogP) is 3.36. The minimum atomic E-state index is 0.618. The van der Waals surface area contributed by atoms with Gasteiger partial charge in [-0.15, -0.1) is 0 Å². The summed E-state index contributed by atoms with van der Waals surface area (Å²) >= 11 is 0. The minimum absolute atomic E-state index is 0.618. The lowest BCUT2D eigenvalue weighted by Crippen LogP contribution is -2.24. The van der Waals surface area contributed by atoms with Crippen LogP contribution in [-0.4, -0.2) is 29.1 Å². The van der Waals surface area contributed by atoms with E-state index in [2.05, 4.69) is 54.7 Å². The molecule has 3 heteroatoms. The molecule has 3 rings (SSSR count). The van der Waals surface area contributed by atoms with Crippen molar-refractivity contribution >= 4 is 10.9 Å². The maximum Gasteiger partial charge on any atom is 0.0486 e. The first-order valence-electron chi connectivity index (χ1n) is 8.51.